The van der Waals surface area contributed by atoms with E-state index in [0.29, 0.717) is 25.3 Å². The minimum Gasteiger partial charge on any atom is -0.456 e. The fraction of sp³-hybridized carbons (Fsp3) is 0.400. The zero-order valence-electron chi connectivity index (χ0n) is 27.4. The topological polar surface area (TPSA) is 62.6 Å². The van der Waals surface area contributed by atoms with Crippen molar-refractivity contribution in [3.8, 4) is 0 Å². The van der Waals surface area contributed by atoms with Crippen molar-refractivity contribution in [3.05, 3.63) is 130 Å². The Morgan fingerprint density at radius 1 is 0.867 bits per heavy atom. The maximum atomic E-state index is 13.6. The first-order valence-corrected chi connectivity index (χ1v) is 16.4. The highest BCUT2D eigenvalue weighted by Gasteiger charge is 2.37. The molecule has 5 nitrogen and oxygen atoms in total. The van der Waals surface area contributed by atoms with Crippen molar-refractivity contribution in [1.29, 1.82) is 0 Å². The molecule has 0 radical (unpaired) electrons. The van der Waals surface area contributed by atoms with Crippen molar-refractivity contribution in [2.45, 2.75) is 83.6 Å². The number of aryl methyl sites for hydroxylation is 1. The molecule has 1 aliphatic carbocycles. The van der Waals surface area contributed by atoms with Crippen LogP contribution in [0.2, 0.25) is 0 Å². The summed E-state index contributed by atoms with van der Waals surface area (Å²) in [4.78, 5) is 29.0. The Balaban J connectivity index is 1.14. The van der Waals surface area contributed by atoms with Crippen molar-refractivity contribution >= 4 is 11.8 Å². The summed E-state index contributed by atoms with van der Waals surface area (Å²) < 4.78 is 6.18. The molecule has 1 unspecified atom stereocenters. The minimum absolute atomic E-state index is 0.0284. The Hall–Kier alpha value is -4.12. The number of amides is 2. The van der Waals surface area contributed by atoms with Gasteiger partial charge in [0.25, 0.3) is 5.91 Å². The molecular weight excluding hydrogens is 556 g/mol. The van der Waals surface area contributed by atoms with Gasteiger partial charge in [-0.2, -0.15) is 0 Å². The lowest BCUT2D eigenvalue weighted by atomic mass is 9.62. The predicted molar refractivity (Wildman–Crippen MR) is 179 cm³/mol. The quantitative estimate of drug-likeness (QED) is 0.232. The lowest BCUT2D eigenvalue weighted by Crippen LogP contribution is -2.46. The highest BCUT2D eigenvalue weighted by molar-refractivity contribution is 5.92. The van der Waals surface area contributed by atoms with Gasteiger partial charge in [-0.15, -0.1) is 0 Å². The van der Waals surface area contributed by atoms with Gasteiger partial charge in [-0.3, -0.25) is 9.59 Å². The molecule has 0 bridgehead atoms. The van der Waals surface area contributed by atoms with Crippen LogP contribution in [0, 0.1) is 12.8 Å². The van der Waals surface area contributed by atoms with E-state index < -0.39 is 0 Å². The molecule has 0 spiro atoms. The predicted octanol–water partition coefficient (Wildman–Crippen LogP) is 8.29. The summed E-state index contributed by atoms with van der Waals surface area (Å²) in [5, 5.41) is 3.29. The number of fused-ring (bicyclic) bond motifs is 1. The van der Waals surface area contributed by atoms with E-state index in [2.05, 4.69) is 52.1 Å². The molecule has 1 aromatic heterocycles. The van der Waals surface area contributed by atoms with Crippen molar-refractivity contribution in [2.75, 3.05) is 13.1 Å². The van der Waals surface area contributed by atoms with Crippen molar-refractivity contribution < 1.29 is 14.0 Å². The van der Waals surface area contributed by atoms with E-state index in [0.717, 1.165) is 29.7 Å². The normalized spacial score (nSPS) is 18.8. The van der Waals surface area contributed by atoms with Gasteiger partial charge in [0.15, 0.2) is 5.76 Å². The Morgan fingerprint density at radius 3 is 2.09 bits per heavy atom. The first-order chi connectivity index (χ1) is 21.5. The molecule has 1 atom stereocenters. The maximum Gasteiger partial charge on any atom is 0.289 e. The number of hydrogen-bond donors (Lipinski definition) is 1. The van der Waals surface area contributed by atoms with Gasteiger partial charge >= 0.3 is 0 Å². The summed E-state index contributed by atoms with van der Waals surface area (Å²) in [6, 6.07) is 28.3. The number of piperidine rings is 1. The van der Waals surface area contributed by atoms with E-state index in [1.165, 1.54) is 35.1 Å². The Labute approximate surface area is 268 Å². The summed E-state index contributed by atoms with van der Waals surface area (Å²) in [6.07, 6.45) is 4.53. The average Bonchev–Trinajstić information content (AvgIpc) is 3.52. The van der Waals surface area contributed by atoms with E-state index in [1.807, 2.05) is 66.7 Å². The molecule has 234 valence electrons. The number of nitrogens with one attached hydrogen (secondary N) is 1. The van der Waals surface area contributed by atoms with Crippen LogP contribution in [0.25, 0.3) is 0 Å². The molecule has 5 heteroatoms. The lowest BCUT2D eigenvalue weighted by Gasteiger charge is -2.42. The van der Waals surface area contributed by atoms with Crippen molar-refractivity contribution in [1.82, 2.24) is 10.2 Å². The molecule has 2 amide bonds. The zero-order chi connectivity index (χ0) is 31.8. The molecule has 0 saturated carbocycles. The molecule has 2 heterocycles. The van der Waals surface area contributed by atoms with Gasteiger partial charge in [-0.05, 0) is 89.0 Å². The van der Waals surface area contributed by atoms with Crippen molar-refractivity contribution in [3.63, 3.8) is 0 Å². The van der Waals surface area contributed by atoms with E-state index in [-0.39, 0.29) is 34.6 Å². The monoisotopic (exact) mass is 602 g/mol. The summed E-state index contributed by atoms with van der Waals surface area (Å²) in [7, 11) is 0. The number of likely N-dealkylation sites (tertiary alicyclic amines) is 1. The van der Waals surface area contributed by atoms with Crippen LogP contribution in [-0.2, 0) is 22.0 Å². The van der Waals surface area contributed by atoms with Gasteiger partial charge in [-0.1, -0.05) is 100 Å². The molecule has 6 rings (SSSR count). The fourth-order valence-corrected chi connectivity index (χ4v) is 7.17. The number of benzene rings is 3. The number of hydrogen-bond acceptors (Lipinski definition) is 3. The van der Waals surface area contributed by atoms with Gasteiger partial charge in [0.1, 0.15) is 5.76 Å². The van der Waals surface area contributed by atoms with Gasteiger partial charge in [0.2, 0.25) is 5.91 Å². The first-order valence-electron chi connectivity index (χ1n) is 16.4. The largest absolute Gasteiger partial charge is 0.456 e. The Kier molecular flexibility index (Phi) is 8.47. The molecule has 4 aromatic rings. The Bertz CT molecular complexity index is 1630. The van der Waals surface area contributed by atoms with E-state index in [9.17, 15) is 9.59 Å². The minimum atomic E-state index is -0.280. The van der Waals surface area contributed by atoms with Crippen LogP contribution in [-0.4, -0.2) is 29.8 Å². The first kappa shape index (κ1) is 30.9. The van der Waals surface area contributed by atoms with Crippen LogP contribution in [0.5, 0.6) is 0 Å². The summed E-state index contributed by atoms with van der Waals surface area (Å²) in [5.41, 5.74) is 7.77. The number of carbonyl (C=O) groups excluding carboxylic acids is 2. The molecular formula is C40H46N2O3. The van der Waals surface area contributed by atoms with E-state index >= 15 is 0 Å². The number of furan rings is 1. The summed E-state index contributed by atoms with van der Waals surface area (Å²) in [5.74, 6) is 0.673. The SMILES string of the molecule is Cc1cc2c(cc1Cc1ccc(C(=O)N3CCCC(C(=O)NC(c4ccccc4)c4ccccc4)C3)o1)C(C)(C)CCC2(C)C. The zero-order valence-corrected chi connectivity index (χ0v) is 27.4. The molecule has 1 saturated heterocycles. The fourth-order valence-electron chi connectivity index (χ4n) is 7.17. The summed E-state index contributed by atoms with van der Waals surface area (Å²) >= 11 is 0. The number of carbonyl (C=O) groups is 2. The van der Waals surface area contributed by atoms with Gasteiger partial charge in [0.05, 0.1) is 12.0 Å². The smallest absolute Gasteiger partial charge is 0.289 e. The molecule has 2 aliphatic rings. The molecule has 45 heavy (non-hydrogen) atoms. The van der Waals surface area contributed by atoms with Crippen molar-refractivity contribution in [2.24, 2.45) is 5.92 Å². The third-order valence-corrected chi connectivity index (χ3v) is 10.2. The van der Waals surface area contributed by atoms with Gasteiger partial charge in [-0.25, -0.2) is 0 Å². The average molecular weight is 603 g/mol. The highest BCUT2D eigenvalue weighted by atomic mass is 16.4. The van der Waals surface area contributed by atoms with Crippen LogP contribution < -0.4 is 5.32 Å². The van der Waals surface area contributed by atoms with Crippen LogP contribution in [0.3, 0.4) is 0 Å². The third-order valence-electron chi connectivity index (χ3n) is 10.2. The highest BCUT2D eigenvalue weighted by Crippen LogP contribution is 2.46. The number of nitrogens with zero attached hydrogens (tertiary/aromatic N) is 1. The maximum absolute atomic E-state index is 13.6. The second-order valence-corrected chi connectivity index (χ2v) is 14.4. The number of rotatable bonds is 7. The standard InChI is InChI=1S/C40H46N2O3/c1-27-23-33-34(40(4,5)21-20-39(33,2)3)25-31(27)24-32-18-19-35(45-32)38(44)42-22-12-17-30(26-42)37(43)41-36(28-13-8-6-9-14-28)29-15-10-7-11-16-29/h6-11,13-16,18-19,23,25,30,36H,12,17,20-22,24,26H2,1-5H3,(H,41,43). The lowest BCUT2D eigenvalue weighted by molar-refractivity contribution is -0.126. The van der Waals surface area contributed by atoms with E-state index in [1.54, 1.807) is 11.0 Å². The van der Waals surface area contributed by atoms with Crippen LogP contribution in [0.4, 0.5) is 0 Å². The van der Waals surface area contributed by atoms with Gasteiger partial charge < -0.3 is 14.6 Å². The molecule has 3 aromatic carbocycles. The van der Waals surface area contributed by atoms with Crippen LogP contribution >= 0.6 is 0 Å². The van der Waals surface area contributed by atoms with E-state index in [4.69, 9.17) is 4.42 Å². The Morgan fingerprint density at radius 2 is 1.47 bits per heavy atom. The summed E-state index contributed by atoms with van der Waals surface area (Å²) in [6.45, 7) is 12.6. The molecule has 1 aliphatic heterocycles. The third kappa shape index (κ3) is 6.49. The van der Waals surface area contributed by atoms with Crippen LogP contribution in [0.15, 0.2) is 89.3 Å². The van der Waals surface area contributed by atoms with Gasteiger partial charge in [0, 0.05) is 19.5 Å². The molecule has 1 N–H and O–H groups in total. The second kappa shape index (κ2) is 12.3. The second-order valence-electron chi connectivity index (χ2n) is 14.4. The molecule has 1 fully saturated rings. The van der Waals surface area contributed by atoms with Crippen LogP contribution in [0.1, 0.15) is 109 Å².